The number of nitrogens with one attached hydrogen (secondary N) is 1. The first kappa shape index (κ1) is 23.8. The minimum Gasteiger partial charge on any atom is -0.490 e. The van der Waals surface area contributed by atoms with Crippen LogP contribution in [0.3, 0.4) is 0 Å². The normalized spacial score (nSPS) is 16.4. The number of thioether (sulfide) groups is 1. The first-order valence-electron chi connectivity index (χ1n) is 11.5. The van der Waals surface area contributed by atoms with E-state index in [0.717, 1.165) is 47.6 Å². The lowest BCUT2D eigenvalue weighted by Crippen LogP contribution is -2.35. The number of amides is 1. The summed E-state index contributed by atoms with van der Waals surface area (Å²) in [7, 11) is 0. The van der Waals surface area contributed by atoms with Crippen LogP contribution in [0.1, 0.15) is 43.7 Å². The molecule has 176 valence electrons. The number of benzene rings is 2. The van der Waals surface area contributed by atoms with Gasteiger partial charge in [0.2, 0.25) is 5.17 Å². The number of amidine groups is 2. The molecular weight excluding hydrogens is 448 g/mol. The molecule has 1 amide bonds. The molecule has 0 bridgehead atoms. The van der Waals surface area contributed by atoms with Crippen LogP contribution in [0.4, 0.5) is 0 Å². The standard InChI is InChI=1S/C26H28N4O3S/c1-3-4-5-10-23-29-30-24(27)21(25(31)28-26(30)34-23)17-19-11-13-20(14-12-19)32-15-16-33-22-9-7-6-8-18(22)2/h6-9,11-14,17,27H,3-5,10,15-16H2,1-2H3/b21-17-,27-24?. The van der Waals surface area contributed by atoms with Crippen LogP contribution < -0.4 is 9.47 Å². The molecule has 0 aromatic heterocycles. The van der Waals surface area contributed by atoms with Gasteiger partial charge in [-0.1, -0.05) is 50.1 Å². The van der Waals surface area contributed by atoms with Crippen LogP contribution in [0.15, 0.2) is 64.2 Å². The number of carbonyl (C=O) groups excluding carboxylic acids is 1. The molecule has 4 rings (SSSR count). The Labute approximate surface area is 204 Å². The maximum atomic E-state index is 12.6. The van der Waals surface area contributed by atoms with Gasteiger partial charge in [-0.05, 0) is 66.9 Å². The van der Waals surface area contributed by atoms with Gasteiger partial charge in [0.05, 0.1) is 5.57 Å². The summed E-state index contributed by atoms with van der Waals surface area (Å²) in [6.07, 6.45) is 5.82. The fraction of sp³-hybridized carbons (Fsp3) is 0.308. The van der Waals surface area contributed by atoms with Gasteiger partial charge in [-0.15, -0.1) is 0 Å². The number of aryl methyl sites for hydroxylation is 1. The van der Waals surface area contributed by atoms with E-state index in [4.69, 9.17) is 14.9 Å². The highest BCUT2D eigenvalue weighted by Gasteiger charge is 2.35. The van der Waals surface area contributed by atoms with E-state index < -0.39 is 5.91 Å². The van der Waals surface area contributed by atoms with Crippen molar-refractivity contribution in [1.82, 2.24) is 5.01 Å². The highest BCUT2D eigenvalue weighted by molar-refractivity contribution is 8.26. The number of hydrazone groups is 1. The molecule has 34 heavy (non-hydrogen) atoms. The average molecular weight is 477 g/mol. The van der Waals surface area contributed by atoms with Crippen molar-refractivity contribution in [3.8, 4) is 11.5 Å². The molecule has 0 aliphatic carbocycles. The number of nitrogens with zero attached hydrogens (tertiary/aromatic N) is 3. The maximum Gasteiger partial charge on any atom is 0.283 e. The second kappa shape index (κ2) is 11.2. The zero-order valence-electron chi connectivity index (χ0n) is 19.4. The third-order valence-electron chi connectivity index (χ3n) is 5.38. The monoisotopic (exact) mass is 476 g/mol. The Morgan fingerprint density at radius 2 is 1.82 bits per heavy atom. The van der Waals surface area contributed by atoms with Gasteiger partial charge in [-0.3, -0.25) is 10.2 Å². The average Bonchev–Trinajstić information content (AvgIpc) is 3.24. The van der Waals surface area contributed by atoms with Crippen molar-refractivity contribution in [3.05, 3.63) is 65.2 Å². The molecule has 2 aromatic rings. The van der Waals surface area contributed by atoms with Crippen molar-refractivity contribution in [1.29, 1.82) is 5.41 Å². The summed E-state index contributed by atoms with van der Waals surface area (Å²) in [4.78, 5) is 16.7. The van der Waals surface area contributed by atoms with Gasteiger partial charge in [0.25, 0.3) is 5.91 Å². The number of unbranched alkanes of at least 4 members (excludes halogenated alkanes) is 2. The lowest BCUT2D eigenvalue weighted by molar-refractivity contribution is -0.114. The molecule has 0 saturated heterocycles. The summed E-state index contributed by atoms with van der Waals surface area (Å²) in [6, 6.07) is 15.2. The highest BCUT2D eigenvalue weighted by atomic mass is 32.2. The number of hydrogen-bond donors (Lipinski definition) is 1. The van der Waals surface area contributed by atoms with Crippen LogP contribution in [0.25, 0.3) is 6.08 Å². The number of aliphatic imine (C=N–C) groups is 1. The van der Waals surface area contributed by atoms with Crippen LogP contribution in [0.5, 0.6) is 11.5 Å². The quantitative estimate of drug-likeness (QED) is 0.354. The number of para-hydroxylation sites is 1. The van der Waals surface area contributed by atoms with Crippen molar-refractivity contribution < 1.29 is 14.3 Å². The fourth-order valence-electron chi connectivity index (χ4n) is 3.52. The smallest absolute Gasteiger partial charge is 0.283 e. The molecule has 2 aromatic carbocycles. The predicted octanol–water partition coefficient (Wildman–Crippen LogP) is 5.65. The van der Waals surface area contributed by atoms with Crippen molar-refractivity contribution in [2.75, 3.05) is 13.2 Å². The summed E-state index contributed by atoms with van der Waals surface area (Å²) < 4.78 is 11.5. The Morgan fingerprint density at radius 1 is 1.06 bits per heavy atom. The van der Waals surface area contributed by atoms with Crippen LogP contribution in [-0.2, 0) is 4.79 Å². The van der Waals surface area contributed by atoms with Crippen LogP contribution in [-0.4, -0.2) is 40.2 Å². The first-order chi connectivity index (χ1) is 16.5. The van der Waals surface area contributed by atoms with E-state index in [2.05, 4.69) is 17.0 Å². The highest BCUT2D eigenvalue weighted by Crippen LogP contribution is 2.30. The van der Waals surface area contributed by atoms with Crippen molar-refractivity contribution >= 4 is 39.8 Å². The summed E-state index contributed by atoms with van der Waals surface area (Å²) in [5, 5.41) is 15.8. The third-order valence-corrected chi connectivity index (χ3v) is 6.35. The molecule has 0 fully saturated rings. The minimum absolute atomic E-state index is 0.0571. The van der Waals surface area contributed by atoms with E-state index in [-0.39, 0.29) is 11.4 Å². The van der Waals surface area contributed by atoms with Crippen molar-refractivity contribution in [2.24, 2.45) is 10.1 Å². The molecule has 8 heteroatoms. The molecule has 1 N–H and O–H groups in total. The Balaban J connectivity index is 1.34. The van der Waals surface area contributed by atoms with Crippen LogP contribution in [0, 0.1) is 12.3 Å². The Morgan fingerprint density at radius 3 is 2.59 bits per heavy atom. The predicted molar refractivity (Wildman–Crippen MR) is 138 cm³/mol. The van der Waals surface area contributed by atoms with E-state index in [1.165, 1.54) is 16.8 Å². The fourth-order valence-corrected chi connectivity index (χ4v) is 4.44. The zero-order chi connectivity index (χ0) is 23.9. The topological polar surface area (TPSA) is 87.3 Å². The number of carbonyl (C=O) groups is 1. The molecule has 2 aliphatic heterocycles. The van der Waals surface area contributed by atoms with Gasteiger partial charge in [0.1, 0.15) is 29.8 Å². The largest absolute Gasteiger partial charge is 0.490 e. The van der Waals surface area contributed by atoms with Gasteiger partial charge in [0.15, 0.2) is 5.84 Å². The summed E-state index contributed by atoms with van der Waals surface area (Å²) in [5.41, 5.74) is 2.10. The van der Waals surface area contributed by atoms with Gasteiger partial charge in [-0.2, -0.15) is 15.1 Å². The van der Waals surface area contributed by atoms with Gasteiger partial charge < -0.3 is 9.47 Å². The molecule has 0 unspecified atom stereocenters. The van der Waals surface area contributed by atoms with Gasteiger partial charge in [0, 0.05) is 0 Å². The molecule has 2 heterocycles. The summed E-state index contributed by atoms with van der Waals surface area (Å²) in [5.74, 6) is 1.20. The minimum atomic E-state index is -0.414. The van der Waals surface area contributed by atoms with E-state index >= 15 is 0 Å². The van der Waals surface area contributed by atoms with E-state index in [0.29, 0.717) is 24.1 Å². The van der Waals surface area contributed by atoms with Crippen molar-refractivity contribution in [3.63, 3.8) is 0 Å². The molecule has 0 spiro atoms. The number of hydrogen-bond acceptors (Lipinski definition) is 6. The second-order valence-electron chi connectivity index (χ2n) is 8.00. The SMILES string of the molecule is CCCCCC1=NN2C(=N)/C(=C/c3ccc(OCCOc4ccccc4C)cc3)C(=O)N=C2S1. The van der Waals surface area contributed by atoms with E-state index in [9.17, 15) is 4.79 Å². The molecule has 7 nitrogen and oxygen atoms in total. The van der Waals surface area contributed by atoms with Gasteiger partial charge in [-0.25, -0.2) is 0 Å². The molecular formula is C26H28N4O3S. The number of rotatable bonds is 10. The Bertz CT molecular complexity index is 1150. The second-order valence-corrected chi connectivity index (χ2v) is 9.04. The molecule has 0 atom stereocenters. The number of ether oxygens (including phenoxy) is 2. The maximum absolute atomic E-state index is 12.6. The van der Waals surface area contributed by atoms with E-state index in [1.807, 2.05) is 55.5 Å². The van der Waals surface area contributed by atoms with Crippen LogP contribution in [0.2, 0.25) is 0 Å². The number of fused-ring (bicyclic) bond motifs is 1. The Kier molecular flexibility index (Phi) is 7.80. The van der Waals surface area contributed by atoms with Gasteiger partial charge >= 0.3 is 0 Å². The first-order valence-corrected chi connectivity index (χ1v) is 12.3. The lowest BCUT2D eigenvalue weighted by atomic mass is 10.1. The van der Waals surface area contributed by atoms with Crippen LogP contribution >= 0.6 is 11.8 Å². The Hall–Kier alpha value is -3.39. The molecule has 0 saturated carbocycles. The summed E-state index contributed by atoms with van der Waals surface area (Å²) in [6.45, 7) is 5.02. The van der Waals surface area contributed by atoms with E-state index in [1.54, 1.807) is 6.08 Å². The van der Waals surface area contributed by atoms with Crippen molar-refractivity contribution in [2.45, 2.75) is 39.5 Å². The molecule has 0 radical (unpaired) electrons. The summed E-state index contributed by atoms with van der Waals surface area (Å²) >= 11 is 1.38. The zero-order valence-corrected chi connectivity index (χ0v) is 20.2. The lowest BCUT2D eigenvalue weighted by Gasteiger charge is -2.20. The molecule has 2 aliphatic rings. The third kappa shape index (κ3) is 5.75.